The SMILES string of the molecule is CC(=O)N[C@@H](Cc1ccc([N+](=O)[O-])cc1)C(=O)NCC(=O)OCc1ccccc1. The molecule has 152 valence electrons. The molecule has 0 radical (unpaired) electrons. The molecular formula is C20H21N3O6. The van der Waals surface area contributed by atoms with E-state index in [-0.39, 0.29) is 25.3 Å². The predicted molar refractivity (Wildman–Crippen MR) is 104 cm³/mol. The van der Waals surface area contributed by atoms with Crippen LogP contribution in [0.3, 0.4) is 0 Å². The first-order chi connectivity index (χ1) is 13.8. The van der Waals surface area contributed by atoms with Crippen LogP contribution in [0.2, 0.25) is 0 Å². The Balaban J connectivity index is 1.89. The van der Waals surface area contributed by atoms with Crippen molar-refractivity contribution in [2.45, 2.75) is 26.0 Å². The van der Waals surface area contributed by atoms with Gasteiger partial charge in [-0.1, -0.05) is 42.5 Å². The number of nitrogens with one attached hydrogen (secondary N) is 2. The van der Waals surface area contributed by atoms with E-state index >= 15 is 0 Å². The number of hydrogen-bond acceptors (Lipinski definition) is 6. The first-order valence-corrected chi connectivity index (χ1v) is 8.83. The van der Waals surface area contributed by atoms with E-state index in [1.54, 1.807) is 0 Å². The molecule has 2 N–H and O–H groups in total. The Bertz CT molecular complexity index is 868. The van der Waals surface area contributed by atoms with Gasteiger partial charge in [0.1, 0.15) is 19.2 Å². The molecule has 0 saturated heterocycles. The van der Waals surface area contributed by atoms with Crippen LogP contribution in [0.1, 0.15) is 18.1 Å². The second kappa shape index (κ2) is 10.5. The number of nitrogens with zero attached hydrogens (tertiary/aromatic N) is 1. The lowest BCUT2D eigenvalue weighted by atomic mass is 10.0. The molecule has 0 saturated carbocycles. The number of non-ortho nitro benzene ring substituents is 1. The highest BCUT2D eigenvalue weighted by Gasteiger charge is 2.21. The molecule has 29 heavy (non-hydrogen) atoms. The lowest BCUT2D eigenvalue weighted by Crippen LogP contribution is -2.48. The van der Waals surface area contributed by atoms with Gasteiger partial charge >= 0.3 is 5.97 Å². The third kappa shape index (κ3) is 7.41. The molecule has 9 heteroatoms. The van der Waals surface area contributed by atoms with Crippen LogP contribution in [0.5, 0.6) is 0 Å². The molecule has 0 spiro atoms. The third-order valence-corrected chi connectivity index (χ3v) is 3.93. The number of nitro groups is 1. The number of carbonyl (C=O) groups is 3. The summed E-state index contributed by atoms with van der Waals surface area (Å²) in [6.07, 6.45) is 0.114. The standard InChI is InChI=1S/C20H21N3O6/c1-14(24)22-18(11-15-7-9-17(10-8-15)23(27)28)20(26)21-12-19(25)29-13-16-5-3-2-4-6-16/h2-10,18H,11-13H2,1H3,(H,21,26)(H,22,24)/t18-/m0/s1. The van der Waals surface area contributed by atoms with E-state index in [2.05, 4.69) is 10.6 Å². The van der Waals surface area contributed by atoms with Crippen LogP contribution in [0, 0.1) is 10.1 Å². The molecule has 0 fully saturated rings. The number of amides is 2. The summed E-state index contributed by atoms with van der Waals surface area (Å²) < 4.78 is 5.09. The van der Waals surface area contributed by atoms with Crippen molar-refractivity contribution in [3.63, 3.8) is 0 Å². The normalized spacial score (nSPS) is 11.2. The van der Waals surface area contributed by atoms with Crippen LogP contribution < -0.4 is 10.6 Å². The van der Waals surface area contributed by atoms with E-state index in [1.165, 1.54) is 31.2 Å². The van der Waals surface area contributed by atoms with Gasteiger partial charge in [-0.2, -0.15) is 0 Å². The lowest BCUT2D eigenvalue weighted by Gasteiger charge is -2.17. The van der Waals surface area contributed by atoms with Crippen molar-refractivity contribution in [2.75, 3.05) is 6.54 Å². The Kier molecular flexibility index (Phi) is 7.84. The van der Waals surface area contributed by atoms with Crippen molar-refractivity contribution >= 4 is 23.5 Å². The first kappa shape index (κ1) is 21.5. The number of nitro benzene ring substituents is 1. The van der Waals surface area contributed by atoms with Crippen molar-refractivity contribution in [3.05, 3.63) is 75.8 Å². The number of rotatable bonds is 9. The topological polar surface area (TPSA) is 128 Å². The quantitative estimate of drug-likeness (QED) is 0.374. The number of hydrogen-bond donors (Lipinski definition) is 2. The van der Waals surface area contributed by atoms with Gasteiger partial charge in [0, 0.05) is 25.5 Å². The number of benzene rings is 2. The molecule has 0 aliphatic carbocycles. The first-order valence-electron chi connectivity index (χ1n) is 8.83. The molecule has 2 amide bonds. The molecule has 0 unspecified atom stereocenters. The Morgan fingerprint density at radius 1 is 1.03 bits per heavy atom. The highest BCUT2D eigenvalue weighted by atomic mass is 16.6. The van der Waals surface area contributed by atoms with Crippen molar-refractivity contribution in [1.82, 2.24) is 10.6 Å². The zero-order valence-corrected chi connectivity index (χ0v) is 15.8. The predicted octanol–water partition coefficient (Wildman–Crippen LogP) is 1.50. The maximum Gasteiger partial charge on any atom is 0.325 e. The molecular weight excluding hydrogens is 378 g/mol. The van der Waals surface area contributed by atoms with Crippen molar-refractivity contribution < 1.29 is 24.0 Å². The second-order valence-electron chi connectivity index (χ2n) is 6.24. The van der Waals surface area contributed by atoms with Gasteiger partial charge < -0.3 is 15.4 Å². The minimum absolute atomic E-state index is 0.0737. The van der Waals surface area contributed by atoms with Gasteiger partial charge in [-0.25, -0.2) is 0 Å². The fourth-order valence-corrected chi connectivity index (χ4v) is 2.52. The highest BCUT2D eigenvalue weighted by molar-refractivity contribution is 5.89. The maximum absolute atomic E-state index is 12.4. The van der Waals surface area contributed by atoms with E-state index in [9.17, 15) is 24.5 Å². The Labute approximate surface area is 167 Å². The molecule has 0 bridgehead atoms. The fourth-order valence-electron chi connectivity index (χ4n) is 2.52. The summed E-state index contributed by atoms with van der Waals surface area (Å²) in [5.41, 5.74) is 1.37. The summed E-state index contributed by atoms with van der Waals surface area (Å²) >= 11 is 0. The largest absolute Gasteiger partial charge is 0.460 e. The zero-order valence-electron chi connectivity index (χ0n) is 15.8. The maximum atomic E-state index is 12.4. The summed E-state index contributed by atoms with van der Waals surface area (Å²) in [4.78, 5) is 45.8. The average Bonchev–Trinajstić information content (AvgIpc) is 2.70. The fraction of sp³-hybridized carbons (Fsp3) is 0.250. The van der Waals surface area contributed by atoms with E-state index in [0.29, 0.717) is 5.56 Å². The van der Waals surface area contributed by atoms with Crippen LogP contribution in [0.15, 0.2) is 54.6 Å². The van der Waals surface area contributed by atoms with E-state index in [0.717, 1.165) is 5.56 Å². The van der Waals surface area contributed by atoms with Crippen molar-refractivity contribution in [1.29, 1.82) is 0 Å². The Morgan fingerprint density at radius 3 is 2.28 bits per heavy atom. The van der Waals surface area contributed by atoms with E-state index < -0.39 is 28.7 Å². The molecule has 9 nitrogen and oxygen atoms in total. The molecule has 1 atom stereocenters. The van der Waals surface area contributed by atoms with Crippen LogP contribution in [0.4, 0.5) is 5.69 Å². The average molecular weight is 399 g/mol. The van der Waals surface area contributed by atoms with Gasteiger partial charge in [0.25, 0.3) is 5.69 Å². The summed E-state index contributed by atoms with van der Waals surface area (Å²) in [7, 11) is 0. The highest BCUT2D eigenvalue weighted by Crippen LogP contribution is 2.13. The zero-order chi connectivity index (χ0) is 21.2. The number of carbonyl (C=O) groups excluding carboxylic acids is 3. The van der Waals surface area contributed by atoms with Crippen molar-refractivity contribution in [2.24, 2.45) is 0 Å². The second-order valence-corrected chi connectivity index (χ2v) is 6.24. The van der Waals surface area contributed by atoms with Crippen LogP contribution >= 0.6 is 0 Å². The molecule has 2 rings (SSSR count). The molecule has 0 aromatic heterocycles. The van der Waals surface area contributed by atoms with Gasteiger partial charge in [0.2, 0.25) is 11.8 Å². The molecule has 2 aromatic carbocycles. The summed E-state index contributed by atoms with van der Waals surface area (Å²) in [6, 6.07) is 13.8. The van der Waals surface area contributed by atoms with Crippen LogP contribution in [-0.4, -0.2) is 35.3 Å². The molecule has 2 aromatic rings. The number of ether oxygens (including phenoxy) is 1. The van der Waals surface area contributed by atoms with Gasteiger partial charge in [-0.15, -0.1) is 0 Å². The Morgan fingerprint density at radius 2 is 1.69 bits per heavy atom. The van der Waals surface area contributed by atoms with E-state index in [4.69, 9.17) is 4.74 Å². The third-order valence-electron chi connectivity index (χ3n) is 3.93. The Hall–Kier alpha value is -3.75. The lowest BCUT2D eigenvalue weighted by molar-refractivity contribution is -0.384. The smallest absolute Gasteiger partial charge is 0.325 e. The molecule has 0 aliphatic rings. The number of esters is 1. The minimum atomic E-state index is -0.934. The van der Waals surface area contributed by atoms with Crippen molar-refractivity contribution in [3.8, 4) is 0 Å². The van der Waals surface area contributed by atoms with Crippen LogP contribution in [-0.2, 0) is 32.1 Å². The molecule has 0 aliphatic heterocycles. The van der Waals surface area contributed by atoms with Gasteiger partial charge in [0.05, 0.1) is 4.92 Å². The van der Waals surface area contributed by atoms with Gasteiger partial charge in [-0.05, 0) is 11.1 Å². The van der Waals surface area contributed by atoms with Gasteiger partial charge in [0.15, 0.2) is 0 Å². The van der Waals surface area contributed by atoms with Crippen LogP contribution in [0.25, 0.3) is 0 Å². The monoisotopic (exact) mass is 399 g/mol. The summed E-state index contributed by atoms with van der Waals surface area (Å²) in [6.45, 7) is 1.01. The summed E-state index contributed by atoms with van der Waals surface area (Å²) in [5, 5.41) is 15.7. The minimum Gasteiger partial charge on any atom is -0.460 e. The van der Waals surface area contributed by atoms with E-state index in [1.807, 2.05) is 30.3 Å². The summed E-state index contributed by atoms with van der Waals surface area (Å²) in [5.74, 6) is -1.59. The van der Waals surface area contributed by atoms with Gasteiger partial charge in [-0.3, -0.25) is 24.5 Å². The molecule has 0 heterocycles.